The summed E-state index contributed by atoms with van der Waals surface area (Å²) in [5.74, 6) is 4.30. The molecular formula is C26H35N3O4. The summed E-state index contributed by atoms with van der Waals surface area (Å²) in [4.78, 5) is 30.1. The van der Waals surface area contributed by atoms with E-state index in [-0.39, 0.29) is 11.4 Å². The average molecular weight is 454 g/mol. The van der Waals surface area contributed by atoms with Crippen molar-refractivity contribution in [2.45, 2.75) is 44.9 Å². The third-order valence-corrected chi connectivity index (χ3v) is 8.64. The van der Waals surface area contributed by atoms with Gasteiger partial charge in [-0.1, -0.05) is 6.07 Å². The predicted octanol–water partition coefficient (Wildman–Crippen LogP) is 3.07. The Morgan fingerprint density at radius 3 is 2.15 bits per heavy atom. The molecule has 6 aliphatic rings. The number of carbonyl (C=O) groups excluding carboxylic acids is 2. The predicted molar refractivity (Wildman–Crippen MR) is 123 cm³/mol. The van der Waals surface area contributed by atoms with E-state index in [1.807, 2.05) is 23.1 Å². The molecule has 33 heavy (non-hydrogen) atoms. The zero-order valence-corrected chi connectivity index (χ0v) is 19.4. The molecule has 178 valence electrons. The van der Waals surface area contributed by atoms with Gasteiger partial charge in [0.25, 0.3) is 0 Å². The maximum Gasteiger partial charge on any atom is 0.317 e. The lowest BCUT2D eigenvalue weighted by Gasteiger charge is -2.57. The van der Waals surface area contributed by atoms with Crippen molar-refractivity contribution in [1.29, 1.82) is 0 Å². The summed E-state index contributed by atoms with van der Waals surface area (Å²) in [5, 5.41) is 3.05. The molecule has 4 bridgehead atoms. The highest BCUT2D eigenvalue weighted by Gasteiger charge is 2.55. The lowest BCUT2D eigenvalue weighted by atomic mass is 9.49. The summed E-state index contributed by atoms with van der Waals surface area (Å²) in [6.07, 6.45) is 8.13. The van der Waals surface area contributed by atoms with Gasteiger partial charge in [-0.2, -0.15) is 0 Å². The van der Waals surface area contributed by atoms with Crippen LogP contribution in [0.3, 0.4) is 0 Å². The van der Waals surface area contributed by atoms with Crippen molar-refractivity contribution in [1.82, 2.24) is 15.1 Å². The van der Waals surface area contributed by atoms with Gasteiger partial charge in [0.1, 0.15) is 13.2 Å². The number of ether oxygens (including phenoxy) is 2. The molecule has 5 fully saturated rings. The van der Waals surface area contributed by atoms with Gasteiger partial charge in [0.2, 0.25) is 5.91 Å². The molecule has 1 N–H and O–H groups in total. The fourth-order valence-electron chi connectivity index (χ4n) is 7.49. The van der Waals surface area contributed by atoms with Crippen LogP contribution in [-0.4, -0.2) is 67.7 Å². The number of amides is 3. The molecule has 4 saturated carbocycles. The van der Waals surface area contributed by atoms with E-state index in [1.54, 1.807) is 0 Å². The Morgan fingerprint density at radius 1 is 0.879 bits per heavy atom. The fourth-order valence-corrected chi connectivity index (χ4v) is 7.49. The van der Waals surface area contributed by atoms with Gasteiger partial charge in [-0.25, -0.2) is 4.79 Å². The van der Waals surface area contributed by atoms with Gasteiger partial charge in [-0.3, -0.25) is 4.79 Å². The number of benzene rings is 1. The molecular weight excluding hydrogens is 418 g/mol. The van der Waals surface area contributed by atoms with E-state index >= 15 is 0 Å². The largest absolute Gasteiger partial charge is 0.486 e. The van der Waals surface area contributed by atoms with E-state index in [1.165, 1.54) is 19.3 Å². The highest BCUT2D eigenvalue weighted by Crippen LogP contribution is 2.60. The zero-order valence-electron chi connectivity index (χ0n) is 19.4. The van der Waals surface area contributed by atoms with Crippen molar-refractivity contribution in [2.24, 2.45) is 23.2 Å². The van der Waals surface area contributed by atoms with Gasteiger partial charge in [-0.05, 0) is 80.4 Å². The maximum atomic E-state index is 13.5. The second kappa shape index (κ2) is 8.41. The number of carbonyl (C=O) groups is 2. The van der Waals surface area contributed by atoms with Gasteiger partial charge in [0.15, 0.2) is 11.5 Å². The molecule has 0 atom stereocenters. The van der Waals surface area contributed by atoms with Crippen molar-refractivity contribution >= 4 is 11.9 Å². The number of hydrogen-bond donors (Lipinski definition) is 1. The van der Waals surface area contributed by atoms with E-state index in [4.69, 9.17) is 9.47 Å². The number of piperazine rings is 1. The van der Waals surface area contributed by atoms with Crippen molar-refractivity contribution in [3.63, 3.8) is 0 Å². The van der Waals surface area contributed by atoms with Gasteiger partial charge >= 0.3 is 6.03 Å². The molecule has 7 heteroatoms. The smallest absolute Gasteiger partial charge is 0.317 e. The van der Waals surface area contributed by atoms with E-state index < -0.39 is 0 Å². The first-order valence-electron chi connectivity index (χ1n) is 12.8. The van der Waals surface area contributed by atoms with Gasteiger partial charge in [-0.15, -0.1) is 0 Å². The van der Waals surface area contributed by atoms with Crippen LogP contribution in [0.25, 0.3) is 0 Å². The van der Waals surface area contributed by atoms with Crippen molar-refractivity contribution in [3.8, 4) is 11.5 Å². The Morgan fingerprint density at radius 2 is 1.48 bits per heavy atom. The lowest BCUT2D eigenvalue weighted by Crippen LogP contribution is -2.59. The topological polar surface area (TPSA) is 71.1 Å². The van der Waals surface area contributed by atoms with Crippen molar-refractivity contribution in [3.05, 3.63) is 23.8 Å². The highest BCUT2D eigenvalue weighted by molar-refractivity contribution is 5.84. The first-order valence-corrected chi connectivity index (χ1v) is 12.8. The molecule has 1 aromatic rings. The zero-order chi connectivity index (χ0) is 22.4. The third kappa shape index (κ3) is 4.04. The van der Waals surface area contributed by atoms with Crippen molar-refractivity contribution in [2.75, 3.05) is 45.9 Å². The quantitative estimate of drug-likeness (QED) is 0.761. The minimum absolute atomic E-state index is 0.0329. The van der Waals surface area contributed by atoms with Gasteiger partial charge < -0.3 is 24.6 Å². The van der Waals surface area contributed by atoms with Crippen LogP contribution < -0.4 is 14.8 Å². The van der Waals surface area contributed by atoms with Gasteiger partial charge in [0.05, 0.1) is 5.41 Å². The molecule has 2 heterocycles. The normalized spacial score (nSPS) is 32.1. The molecule has 0 aromatic heterocycles. The Bertz CT molecular complexity index is 889. The summed E-state index contributed by atoms with van der Waals surface area (Å²) in [6, 6.07) is 5.92. The molecule has 7 nitrogen and oxygen atoms in total. The van der Waals surface area contributed by atoms with Crippen LogP contribution in [0, 0.1) is 23.2 Å². The second-order valence-electron chi connectivity index (χ2n) is 10.9. The fraction of sp³-hybridized carbons (Fsp3) is 0.692. The van der Waals surface area contributed by atoms with E-state index in [2.05, 4.69) is 10.2 Å². The molecule has 1 aromatic carbocycles. The molecule has 4 aliphatic carbocycles. The van der Waals surface area contributed by atoms with Crippen LogP contribution in [0.5, 0.6) is 11.5 Å². The summed E-state index contributed by atoms with van der Waals surface area (Å²) in [6.45, 7) is 4.30. The van der Waals surface area contributed by atoms with E-state index in [9.17, 15) is 9.59 Å². The van der Waals surface area contributed by atoms with Gasteiger partial charge in [0, 0.05) is 32.7 Å². The molecule has 2 aliphatic heterocycles. The highest BCUT2D eigenvalue weighted by atomic mass is 16.6. The molecule has 0 spiro atoms. The number of fused-ring (bicyclic) bond motifs is 1. The molecule has 1 saturated heterocycles. The second-order valence-corrected chi connectivity index (χ2v) is 10.9. The minimum atomic E-state index is -0.0805. The SMILES string of the molecule is O=C(NCCc1ccc2c(c1)OCCO2)N1CCN(C(=O)C23CC4CC(CC(C4)C2)C3)CC1. The molecule has 0 radical (unpaired) electrons. The van der Waals surface area contributed by atoms with Crippen LogP contribution >= 0.6 is 0 Å². The van der Waals surface area contributed by atoms with Crippen molar-refractivity contribution < 1.29 is 19.1 Å². The first kappa shape index (κ1) is 21.1. The molecule has 7 rings (SSSR count). The lowest BCUT2D eigenvalue weighted by molar-refractivity contribution is -0.159. The monoisotopic (exact) mass is 453 g/mol. The van der Waals surface area contributed by atoms with Crippen LogP contribution in [-0.2, 0) is 11.2 Å². The number of urea groups is 1. The van der Waals surface area contributed by atoms with E-state index in [0.717, 1.165) is 60.5 Å². The Hall–Kier alpha value is -2.44. The third-order valence-electron chi connectivity index (χ3n) is 8.64. The van der Waals surface area contributed by atoms with Crippen LogP contribution in [0.15, 0.2) is 18.2 Å². The van der Waals surface area contributed by atoms with Crippen LogP contribution in [0.2, 0.25) is 0 Å². The summed E-state index contributed by atoms with van der Waals surface area (Å²) < 4.78 is 11.2. The standard InChI is InChI=1S/C26H35N3O4/c30-24(26-15-19-11-20(16-26)13-21(12-19)17-26)28-5-7-29(8-6-28)25(31)27-4-3-18-1-2-22-23(14-18)33-10-9-32-22/h1-2,14,19-21H,3-13,15-17H2,(H,27,31). The Kier molecular flexibility index (Phi) is 5.38. The Balaban J connectivity index is 0.977. The maximum absolute atomic E-state index is 13.5. The number of nitrogens with zero attached hydrogens (tertiary/aromatic N) is 2. The molecule has 3 amide bonds. The average Bonchev–Trinajstić information content (AvgIpc) is 2.83. The molecule has 0 unspecified atom stereocenters. The number of rotatable bonds is 4. The summed E-state index contributed by atoms with van der Waals surface area (Å²) >= 11 is 0. The van der Waals surface area contributed by atoms with Crippen LogP contribution in [0.1, 0.15) is 44.1 Å². The van der Waals surface area contributed by atoms with E-state index in [0.29, 0.717) is 51.8 Å². The minimum Gasteiger partial charge on any atom is -0.486 e. The number of hydrogen-bond acceptors (Lipinski definition) is 4. The van der Waals surface area contributed by atoms with Crippen LogP contribution in [0.4, 0.5) is 4.79 Å². The summed E-state index contributed by atoms with van der Waals surface area (Å²) in [5.41, 5.74) is 1.04. The number of nitrogens with one attached hydrogen (secondary N) is 1. The Labute approximate surface area is 195 Å². The first-order chi connectivity index (χ1) is 16.1. The summed E-state index contributed by atoms with van der Waals surface area (Å²) in [7, 11) is 0.